The number of aromatic nitrogens is 3. The van der Waals surface area contributed by atoms with Crippen LogP contribution in [0, 0.1) is 0 Å². The number of hydrogen-bond donors (Lipinski definition) is 2. The number of halogens is 4. The summed E-state index contributed by atoms with van der Waals surface area (Å²) in [6.45, 7) is 3.34. The maximum Gasteiger partial charge on any atom is 0.417 e. The van der Waals surface area contributed by atoms with Gasteiger partial charge in [-0.25, -0.2) is 0 Å². The van der Waals surface area contributed by atoms with Crippen molar-refractivity contribution in [2.45, 2.75) is 25.6 Å². The van der Waals surface area contributed by atoms with E-state index in [1.807, 2.05) is 0 Å². The van der Waals surface area contributed by atoms with Gasteiger partial charge in [-0.1, -0.05) is 35.0 Å². The Balaban J connectivity index is 2.04. The van der Waals surface area contributed by atoms with Crippen LogP contribution in [0.4, 0.5) is 13.2 Å². The van der Waals surface area contributed by atoms with E-state index in [4.69, 9.17) is 27.3 Å². The van der Waals surface area contributed by atoms with E-state index < -0.39 is 17.3 Å². The van der Waals surface area contributed by atoms with Crippen molar-refractivity contribution in [3.8, 4) is 17.1 Å². The molecule has 2 aromatic carbocycles. The summed E-state index contributed by atoms with van der Waals surface area (Å²) in [7, 11) is 1.55. The van der Waals surface area contributed by atoms with E-state index >= 15 is 0 Å². The Hall–Kier alpha value is -3.27. The van der Waals surface area contributed by atoms with Crippen molar-refractivity contribution >= 4 is 17.4 Å². The molecule has 31 heavy (non-hydrogen) atoms. The lowest BCUT2D eigenvalue weighted by molar-refractivity contribution is -0.137. The molecule has 0 saturated heterocycles. The van der Waals surface area contributed by atoms with E-state index in [0.717, 1.165) is 6.07 Å². The molecule has 3 N–H and O–H groups in total. The molecule has 7 nitrogen and oxygen atoms in total. The van der Waals surface area contributed by atoms with Gasteiger partial charge in [0.25, 0.3) is 0 Å². The van der Waals surface area contributed by atoms with Gasteiger partial charge in [-0.15, -0.1) is 10.2 Å². The summed E-state index contributed by atoms with van der Waals surface area (Å²) in [6, 6.07) is 9.69. The minimum Gasteiger partial charge on any atom is -0.479 e. The van der Waals surface area contributed by atoms with Crippen LogP contribution < -0.4 is 10.5 Å². The molecule has 0 unspecified atom stereocenters. The Morgan fingerprint density at radius 2 is 1.84 bits per heavy atom. The largest absolute Gasteiger partial charge is 0.479 e. The van der Waals surface area contributed by atoms with Crippen molar-refractivity contribution in [1.82, 2.24) is 14.8 Å². The molecule has 0 bridgehead atoms. The molecular weight excluding hydrogens is 435 g/mol. The first-order valence-corrected chi connectivity index (χ1v) is 9.36. The molecule has 0 aliphatic rings. The van der Waals surface area contributed by atoms with Gasteiger partial charge in [0.05, 0.1) is 11.1 Å². The highest BCUT2D eigenvalue weighted by atomic mass is 35.5. The molecular formula is C20H19ClF3N5O2. The van der Waals surface area contributed by atoms with Gasteiger partial charge >= 0.3 is 6.18 Å². The topological polar surface area (TPSA) is 98.5 Å². The molecule has 3 aromatic rings. The van der Waals surface area contributed by atoms with Crippen LogP contribution in [0.3, 0.4) is 0 Å². The summed E-state index contributed by atoms with van der Waals surface area (Å²) < 4.78 is 47.8. The molecule has 1 aromatic heterocycles. The second-order valence-corrected chi connectivity index (χ2v) is 7.62. The van der Waals surface area contributed by atoms with E-state index in [-0.39, 0.29) is 34.4 Å². The quantitative estimate of drug-likeness (QED) is 0.255. The number of hydrogen-bond acceptors (Lipinski definition) is 5. The first kappa shape index (κ1) is 22.4. The Morgan fingerprint density at radius 1 is 1.16 bits per heavy atom. The van der Waals surface area contributed by atoms with Crippen molar-refractivity contribution in [1.29, 1.82) is 0 Å². The van der Waals surface area contributed by atoms with Gasteiger partial charge in [0, 0.05) is 17.6 Å². The highest BCUT2D eigenvalue weighted by Gasteiger charge is 2.36. The Labute approximate surface area is 180 Å². The lowest BCUT2D eigenvalue weighted by Crippen LogP contribution is -2.30. The van der Waals surface area contributed by atoms with Crippen molar-refractivity contribution in [3.63, 3.8) is 0 Å². The summed E-state index contributed by atoms with van der Waals surface area (Å²) in [4.78, 5) is 0. The summed E-state index contributed by atoms with van der Waals surface area (Å²) in [5, 5.41) is 20.4. The Bertz CT molecular complexity index is 1140. The zero-order chi connectivity index (χ0) is 23.0. The smallest absolute Gasteiger partial charge is 0.417 e. The molecule has 3 rings (SSSR count). The number of rotatable bonds is 5. The standard InChI is InChI=1S/C20H19ClF3N5O2/c1-19(2,31-15-9-8-11(21)10-13(15)16(25)28-30)18-27-26-17(29(18)3)12-6-4-5-7-14(12)20(22,23)24/h4-10,30H,1-3H3,(H2,25,28). The number of oxime groups is 1. The zero-order valence-corrected chi connectivity index (χ0v) is 17.5. The maximum absolute atomic E-state index is 13.4. The summed E-state index contributed by atoms with van der Waals surface area (Å²) >= 11 is 5.99. The molecule has 0 aliphatic carbocycles. The number of nitrogens with zero attached hydrogens (tertiary/aromatic N) is 4. The van der Waals surface area contributed by atoms with Gasteiger partial charge in [0.15, 0.2) is 23.1 Å². The van der Waals surface area contributed by atoms with Crippen molar-refractivity contribution in [2.75, 3.05) is 0 Å². The minimum absolute atomic E-state index is 0.0346. The van der Waals surface area contributed by atoms with Crippen LogP contribution in [0.25, 0.3) is 11.4 Å². The lowest BCUT2D eigenvalue weighted by Gasteiger charge is -2.27. The molecule has 0 amide bonds. The maximum atomic E-state index is 13.4. The first-order chi connectivity index (χ1) is 14.5. The number of ether oxygens (including phenoxy) is 1. The molecule has 1 heterocycles. The van der Waals surface area contributed by atoms with Gasteiger partial charge in [0.2, 0.25) is 0 Å². The van der Waals surface area contributed by atoms with E-state index in [9.17, 15) is 13.2 Å². The van der Waals surface area contributed by atoms with E-state index in [0.29, 0.717) is 5.02 Å². The SMILES string of the molecule is Cn1c(-c2ccccc2C(F)(F)F)nnc1C(C)(C)Oc1ccc(Cl)cc1/C(N)=N/O. The summed E-state index contributed by atoms with van der Waals surface area (Å²) in [5.41, 5.74) is 3.89. The monoisotopic (exact) mass is 453 g/mol. The average molecular weight is 454 g/mol. The average Bonchev–Trinajstić information content (AvgIpc) is 3.10. The van der Waals surface area contributed by atoms with Crippen LogP contribution in [0.5, 0.6) is 5.75 Å². The second kappa shape index (κ2) is 8.10. The van der Waals surface area contributed by atoms with Crippen molar-refractivity contribution < 1.29 is 23.1 Å². The lowest BCUT2D eigenvalue weighted by atomic mass is 10.1. The number of amidine groups is 1. The van der Waals surface area contributed by atoms with Gasteiger partial charge in [-0.3, -0.25) is 0 Å². The first-order valence-electron chi connectivity index (χ1n) is 8.98. The van der Waals surface area contributed by atoms with Crippen LogP contribution in [0.1, 0.15) is 30.8 Å². The number of benzene rings is 2. The Morgan fingerprint density at radius 3 is 2.48 bits per heavy atom. The predicted molar refractivity (Wildman–Crippen MR) is 109 cm³/mol. The highest BCUT2D eigenvalue weighted by Crippen LogP contribution is 2.37. The summed E-state index contributed by atoms with van der Waals surface area (Å²) in [5.74, 6) is 0.322. The molecule has 0 aliphatic heterocycles. The molecule has 0 spiro atoms. The zero-order valence-electron chi connectivity index (χ0n) is 16.8. The van der Waals surface area contributed by atoms with E-state index in [1.54, 1.807) is 27.0 Å². The Kier molecular flexibility index (Phi) is 5.86. The minimum atomic E-state index is -4.55. The van der Waals surface area contributed by atoms with E-state index in [1.165, 1.54) is 34.9 Å². The van der Waals surface area contributed by atoms with Crippen LogP contribution in [-0.4, -0.2) is 25.8 Å². The third-order valence-corrected chi connectivity index (χ3v) is 4.81. The third kappa shape index (κ3) is 4.43. The van der Waals surface area contributed by atoms with Crippen molar-refractivity contribution in [2.24, 2.45) is 17.9 Å². The number of nitrogens with two attached hydrogens (primary N) is 1. The normalized spacial score (nSPS) is 12.8. The van der Waals surface area contributed by atoms with Gasteiger partial charge in [-0.05, 0) is 38.1 Å². The number of alkyl halides is 3. The van der Waals surface area contributed by atoms with Crippen LogP contribution in [0.15, 0.2) is 47.6 Å². The molecule has 164 valence electrons. The third-order valence-electron chi connectivity index (χ3n) is 4.58. The highest BCUT2D eigenvalue weighted by molar-refractivity contribution is 6.31. The molecule has 0 saturated carbocycles. The fourth-order valence-corrected chi connectivity index (χ4v) is 3.35. The fourth-order valence-electron chi connectivity index (χ4n) is 3.18. The molecule has 0 atom stereocenters. The fraction of sp³-hybridized carbons (Fsp3) is 0.250. The van der Waals surface area contributed by atoms with Crippen LogP contribution >= 0.6 is 11.6 Å². The molecule has 0 fully saturated rings. The summed E-state index contributed by atoms with van der Waals surface area (Å²) in [6.07, 6.45) is -4.55. The second-order valence-electron chi connectivity index (χ2n) is 7.19. The molecule has 0 radical (unpaired) electrons. The van der Waals surface area contributed by atoms with Gasteiger partial charge in [-0.2, -0.15) is 13.2 Å². The van der Waals surface area contributed by atoms with Gasteiger partial charge < -0.3 is 20.2 Å². The predicted octanol–water partition coefficient (Wildman–Crippen LogP) is 4.56. The van der Waals surface area contributed by atoms with Crippen molar-refractivity contribution in [3.05, 3.63) is 64.4 Å². The molecule has 11 heteroatoms. The van der Waals surface area contributed by atoms with Crippen LogP contribution in [-0.2, 0) is 18.8 Å². The van der Waals surface area contributed by atoms with Gasteiger partial charge in [0.1, 0.15) is 5.75 Å². The van der Waals surface area contributed by atoms with E-state index in [2.05, 4.69) is 15.4 Å². The van der Waals surface area contributed by atoms with Crippen LogP contribution in [0.2, 0.25) is 5.02 Å².